The summed E-state index contributed by atoms with van der Waals surface area (Å²) in [6, 6.07) is 5.29. The molecule has 1 fully saturated rings. The van der Waals surface area contributed by atoms with Gasteiger partial charge in [-0.25, -0.2) is 0 Å². The highest BCUT2D eigenvalue weighted by Gasteiger charge is 2.25. The second kappa shape index (κ2) is 6.48. The number of hydrogen-bond acceptors (Lipinski definition) is 4. The molecule has 0 spiro atoms. The summed E-state index contributed by atoms with van der Waals surface area (Å²) in [5.41, 5.74) is 1.67. The lowest BCUT2D eigenvalue weighted by Crippen LogP contribution is -2.37. The molecule has 0 amide bonds. The zero-order valence-corrected chi connectivity index (χ0v) is 12.4. The van der Waals surface area contributed by atoms with Crippen molar-refractivity contribution in [1.29, 1.82) is 0 Å². The summed E-state index contributed by atoms with van der Waals surface area (Å²) in [6.45, 7) is 3.90. The second-order valence-electron chi connectivity index (χ2n) is 4.56. The number of rotatable bonds is 4. The Morgan fingerprint density at radius 1 is 1.58 bits per heavy atom. The zero-order valence-electron chi connectivity index (χ0n) is 10.8. The van der Waals surface area contributed by atoms with Crippen LogP contribution in [0, 0.1) is 10.1 Å². The van der Waals surface area contributed by atoms with Crippen LogP contribution in [-0.2, 0) is 5.88 Å². The summed E-state index contributed by atoms with van der Waals surface area (Å²) in [4.78, 5) is 13.0. The zero-order chi connectivity index (χ0) is 13.8. The SMILES string of the molecule is CCC1CN(c2ccc(CCl)cc2[N+](=O)[O-])CCS1. The van der Waals surface area contributed by atoms with Crippen LogP contribution >= 0.6 is 23.4 Å². The molecule has 0 radical (unpaired) electrons. The molecule has 1 aromatic rings. The first-order valence-corrected chi connectivity index (χ1v) is 7.93. The first-order chi connectivity index (χ1) is 9.15. The Labute approximate surface area is 122 Å². The van der Waals surface area contributed by atoms with Crippen molar-refractivity contribution in [2.24, 2.45) is 0 Å². The van der Waals surface area contributed by atoms with Crippen molar-refractivity contribution in [3.63, 3.8) is 0 Å². The van der Waals surface area contributed by atoms with Gasteiger partial charge in [0.05, 0.1) is 4.92 Å². The van der Waals surface area contributed by atoms with E-state index in [1.807, 2.05) is 23.9 Å². The molecule has 6 heteroatoms. The average Bonchev–Trinajstić information content (AvgIpc) is 2.46. The Bertz CT molecular complexity index is 470. The van der Waals surface area contributed by atoms with Crippen molar-refractivity contribution in [2.75, 3.05) is 23.7 Å². The maximum atomic E-state index is 11.2. The van der Waals surface area contributed by atoms with E-state index in [1.165, 1.54) is 0 Å². The second-order valence-corrected chi connectivity index (χ2v) is 6.24. The summed E-state index contributed by atoms with van der Waals surface area (Å²) in [5, 5.41) is 11.8. The number of anilines is 1. The largest absolute Gasteiger partial charge is 0.364 e. The highest BCUT2D eigenvalue weighted by atomic mass is 35.5. The lowest BCUT2D eigenvalue weighted by atomic mass is 10.1. The molecule has 1 aliphatic heterocycles. The molecule has 19 heavy (non-hydrogen) atoms. The number of nitrogens with zero attached hydrogens (tertiary/aromatic N) is 2. The Balaban J connectivity index is 2.30. The minimum Gasteiger partial charge on any atom is -0.364 e. The smallest absolute Gasteiger partial charge is 0.292 e. The van der Waals surface area contributed by atoms with E-state index in [2.05, 4.69) is 11.8 Å². The van der Waals surface area contributed by atoms with Crippen LogP contribution in [0.1, 0.15) is 18.9 Å². The Hall–Kier alpha value is -0.940. The van der Waals surface area contributed by atoms with Gasteiger partial charge in [0.15, 0.2) is 0 Å². The van der Waals surface area contributed by atoms with Gasteiger partial charge in [0.25, 0.3) is 5.69 Å². The molecule has 104 valence electrons. The minimum absolute atomic E-state index is 0.167. The third kappa shape index (κ3) is 3.34. The molecule has 0 N–H and O–H groups in total. The number of thioether (sulfide) groups is 1. The fourth-order valence-electron chi connectivity index (χ4n) is 2.25. The summed E-state index contributed by atoms with van der Waals surface area (Å²) < 4.78 is 0. The van der Waals surface area contributed by atoms with E-state index in [9.17, 15) is 10.1 Å². The van der Waals surface area contributed by atoms with Gasteiger partial charge in [0, 0.05) is 36.0 Å². The first kappa shape index (κ1) is 14.5. The van der Waals surface area contributed by atoms with Crippen LogP contribution in [0.4, 0.5) is 11.4 Å². The first-order valence-electron chi connectivity index (χ1n) is 6.35. The molecular formula is C13H17ClN2O2S. The quantitative estimate of drug-likeness (QED) is 0.483. The van der Waals surface area contributed by atoms with Gasteiger partial charge in [0.2, 0.25) is 0 Å². The van der Waals surface area contributed by atoms with Crippen LogP contribution in [0.15, 0.2) is 18.2 Å². The number of halogens is 1. The topological polar surface area (TPSA) is 46.4 Å². The van der Waals surface area contributed by atoms with Gasteiger partial charge >= 0.3 is 0 Å². The van der Waals surface area contributed by atoms with Crippen LogP contribution in [0.5, 0.6) is 0 Å². The standard InChI is InChI=1S/C13H17ClN2O2S/c1-2-11-9-15(5-6-19-11)12-4-3-10(8-14)7-13(12)16(17)18/h3-4,7,11H,2,5-6,8-9H2,1H3. The Kier molecular flexibility index (Phi) is 4.93. The molecule has 2 rings (SSSR count). The number of hydrogen-bond donors (Lipinski definition) is 0. The maximum absolute atomic E-state index is 11.2. The average molecular weight is 301 g/mol. The van der Waals surface area contributed by atoms with Crippen LogP contribution < -0.4 is 4.90 Å². The number of nitro groups is 1. The molecular weight excluding hydrogens is 284 g/mol. The van der Waals surface area contributed by atoms with Crippen molar-refractivity contribution < 1.29 is 4.92 Å². The fourth-order valence-corrected chi connectivity index (χ4v) is 3.60. The molecule has 4 nitrogen and oxygen atoms in total. The Morgan fingerprint density at radius 3 is 3.00 bits per heavy atom. The van der Waals surface area contributed by atoms with Gasteiger partial charge < -0.3 is 4.90 Å². The fraction of sp³-hybridized carbons (Fsp3) is 0.538. The van der Waals surface area contributed by atoms with E-state index in [4.69, 9.17) is 11.6 Å². The lowest BCUT2D eigenvalue weighted by Gasteiger charge is -2.33. The van der Waals surface area contributed by atoms with Gasteiger partial charge in [-0.2, -0.15) is 11.8 Å². The molecule has 1 aromatic carbocycles. The van der Waals surface area contributed by atoms with Gasteiger partial charge in [-0.1, -0.05) is 13.0 Å². The van der Waals surface area contributed by atoms with Crippen LogP contribution in [0.2, 0.25) is 0 Å². The number of benzene rings is 1. The molecule has 1 heterocycles. The monoisotopic (exact) mass is 300 g/mol. The highest BCUT2D eigenvalue weighted by Crippen LogP contribution is 2.33. The normalized spacial score (nSPS) is 19.5. The van der Waals surface area contributed by atoms with Crippen molar-refractivity contribution in [3.8, 4) is 0 Å². The van der Waals surface area contributed by atoms with E-state index < -0.39 is 0 Å². The summed E-state index contributed by atoms with van der Waals surface area (Å²) in [7, 11) is 0. The van der Waals surface area contributed by atoms with E-state index in [0.717, 1.165) is 36.5 Å². The van der Waals surface area contributed by atoms with Crippen molar-refractivity contribution >= 4 is 34.7 Å². The molecule has 1 saturated heterocycles. The summed E-state index contributed by atoms with van der Waals surface area (Å²) in [6.07, 6.45) is 1.09. The number of alkyl halides is 1. The third-order valence-corrected chi connectivity index (χ3v) is 5.01. The predicted octanol–water partition coefficient (Wildman–Crippen LogP) is 3.67. The van der Waals surface area contributed by atoms with Gasteiger partial charge in [0.1, 0.15) is 5.69 Å². The van der Waals surface area contributed by atoms with Crippen molar-refractivity contribution in [2.45, 2.75) is 24.5 Å². The summed E-state index contributed by atoms with van der Waals surface area (Å²) >= 11 is 7.70. The minimum atomic E-state index is -0.311. The van der Waals surface area contributed by atoms with E-state index >= 15 is 0 Å². The highest BCUT2D eigenvalue weighted by molar-refractivity contribution is 8.00. The molecule has 1 atom stereocenters. The summed E-state index contributed by atoms with van der Waals surface area (Å²) in [5.74, 6) is 1.32. The number of nitro benzene ring substituents is 1. The van der Waals surface area contributed by atoms with Crippen molar-refractivity contribution in [3.05, 3.63) is 33.9 Å². The van der Waals surface area contributed by atoms with Gasteiger partial charge in [-0.05, 0) is 18.1 Å². The van der Waals surface area contributed by atoms with Gasteiger partial charge in [-0.3, -0.25) is 10.1 Å². The van der Waals surface area contributed by atoms with E-state index in [-0.39, 0.29) is 10.6 Å². The van der Waals surface area contributed by atoms with Crippen LogP contribution in [-0.4, -0.2) is 29.0 Å². The molecule has 0 aromatic heterocycles. The van der Waals surface area contributed by atoms with E-state index in [0.29, 0.717) is 11.1 Å². The maximum Gasteiger partial charge on any atom is 0.292 e. The Morgan fingerprint density at radius 2 is 2.37 bits per heavy atom. The molecule has 1 unspecified atom stereocenters. The lowest BCUT2D eigenvalue weighted by molar-refractivity contribution is -0.384. The predicted molar refractivity (Wildman–Crippen MR) is 81.4 cm³/mol. The molecule has 0 aliphatic carbocycles. The molecule has 1 aliphatic rings. The van der Waals surface area contributed by atoms with E-state index in [1.54, 1.807) is 6.07 Å². The van der Waals surface area contributed by atoms with Gasteiger partial charge in [-0.15, -0.1) is 11.6 Å². The molecule has 0 bridgehead atoms. The van der Waals surface area contributed by atoms with Crippen LogP contribution in [0.25, 0.3) is 0 Å². The van der Waals surface area contributed by atoms with Crippen LogP contribution in [0.3, 0.4) is 0 Å². The van der Waals surface area contributed by atoms with Crippen molar-refractivity contribution in [1.82, 2.24) is 0 Å². The third-order valence-electron chi connectivity index (χ3n) is 3.33. The molecule has 0 saturated carbocycles.